The third-order valence-electron chi connectivity index (χ3n) is 2.79. The molecule has 0 amide bonds. The Hall–Kier alpha value is -2.76. The Morgan fingerprint density at radius 2 is 1.95 bits per heavy atom. The Labute approximate surface area is 109 Å². The van der Waals surface area contributed by atoms with Gasteiger partial charge in [0.25, 0.3) is 0 Å². The monoisotopic (exact) mass is 253 g/mol. The van der Waals surface area contributed by atoms with Crippen molar-refractivity contribution in [1.29, 1.82) is 5.41 Å². The number of imidazole rings is 1. The van der Waals surface area contributed by atoms with Gasteiger partial charge in [-0.2, -0.15) is 0 Å². The van der Waals surface area contributed by atoms with Crippen LogP contribution in [0.2, 0.25) is 0 Å². The molecule has 0 radical (unpaired) electrons. The molecule has 0 saturated carbocycles. The van der Waals surface area contributed by atoms with Gasteiger partial charge in [-0.3, -0.25) is 9.98 Å². The molecule has 1 aromatic carbocycles. The van der Waals surface area contributed by atoms with E-state index in [4.69, 9.17) is 10.1 Å². The summed E-state index contributed by atoms with van der Waals surface area (Å²) in [4.78, 5) is 12.6. The first-order valence-electron chi connectivity index (χ1n) is 5.67. The first kappa shape index (κ1) is 11.3. The fraction of sp³-hybridized carbons (Fsp3) is 0.0769. The van der Waals surface area contributed by atoms with Crippen LogP contribution >= 0.6 is 0 Å². The van der Waals surface area contributed by atoms with Crippen LogP contribution in [-0.4, -0.2) is 32.5 Å². The Kier molecular flexibility index (Phi) is 2.68. The minimum atomic E-state index is -0.0225. The van der Waals surface area contributed by atoms with E-state index in [9.17, 15) is 0 Å². The van der Waals surface area contributed by atoms with E-state index < -0.39 is 0 Å². The second-order valence-electron chi connectivity index (χ2n) is 3.88. The average molecular weight is 253 g/mol. The lowest BCUT2D eigenvalue weighted by molar-refractivity contribution is 0.400. The summed E-state index contributed by atoms with van der Waals surface area (Å²) in [6.45, 7) is 0. The van der Waals surface area contributed by atoms with Crippen LogP contribution in [0.1, 0.15) is 5.69 Å². The number of hydrogen-bond donors (Lipinski definition) is 1. The van der Waals surface area contributed by atoms with Crippen molar-refractivity contribution in [2.75, 3.05) is 7.11 Å². The third kappa shape index (κ3) is 1.83. The van der Waals surface area contributed by atoms with Crippen molar-refractivity contribution in [3.63, 3.8) is 0 Å². The van der Waals surface area contributed by atoms with Crippen molar-refractivity contribution in [3.05, 3.63) is 48.7 Å². The lowest BCUT2D eigenvalue weighted by Gasteiger charge is -2.04. The maximum atomic E-state index is 7.71. The Morgan fingerprint density at radius 3 is 2.68 bits per heavy atom. The third-order valence-corrected chi connectivity index (χ3v) is 2.79. The smallest absolute Gasteiger partial charge is 0.234 e. The van der Waals surface area contributed by atoms with Crippen molar-refractivity contribution in [1.82, 2.24) is 19.5 Å². The Bertz CT molecular complexity index is 735. The van der Waals surface area contributed by atoms with Gasteiger partial charge in [0.1, 0.15) is 18.2 Å². The molecule has 1 N–H and O–H groups in total. The zero-order valence-electron chi connectivity index (χ0n) is 10.2. The van der Waals surface area contributed by atoms with Gasteiger partial charge in [-0.05, 0) is 12.1 Å². The lowest BCUT2D eigenvalue weighted by Crippen LogP contribution is -2.06. The second kappa shape index (κ2) is 4.49. The van der Waals surface area contributed by atoms with E-state index >= 15 is 0 Å². The molecule has 0 bridgehead atoms. The lowest BCUT2D eigenvalue weighted by atomic mass is 10.3. The number of para-hydroxylation sites is 1. The van der Waals surface area contributed by atoms with E-state index in [1.807, 2.05) is 34.9 Å². The van der Waals surface area contributed by atoms with E-state index in [1.165, 1.54) is 13.4 Å². The highest BCUT2D eigenvalue weighted by molar-refractivity contribution is 6.00. The van der Waals surface area contributed by atoms with Crippen molar-refractivity contribution in [2.45, 2.75) is 0 Å². The SMILES string of the molecule is COC(=N)c1ncnc2c1ncn2-c1ccccc1. The maximum absolute atomic E-state index is 7.71. The number of benzene rings is 1. The van der Waals surface area contributed by atoms with Crippen molar-refractivity contribution in [2.24, 2.45) is 0 Å². The number of hydrogen-bond acceptors (Lipinski definition) is 5. The second-order valence-corrected chi connectivity index (χ2v) is 3.88. The quantitative estimate of drug-likeness (QED) is 0.558. The number of aromatic nitrogens is 4. The highest BCUT2D eigenvalue weighted by Crippen LogP contribution is 2.17. The topological polar surface area (TPSA) is 76.7 Å². The van der Waals surface area contributed by atoms with Crippen molar-refractivity contribution < 1.29 is 4.74 Å². The first-order chi connectivity index (χ1) is 9.31. The number of nitrogens with one attached hydrogen (secondary N) is 1. The molecule has 2 heterocycles. The molecule has 6 nitrogen and oxygen atoms in total. The summed E-state index contributed by atoms with van der Waals surface area (Å²) in [6, 6.07) is 9.76. The van der Waals surface area contributed by atoms with Crippen molar-refractivity contribution >= 4 is 17.1 Å². The van der Waals surface area contributed by atoms with Gasteiger partial charge in [-0.1, -0.05) is 18.2 Å². The molecule has 6 heteroatoms. The molecule has 0 aliphatic heterocycles. The van der Waals surface area contributed by atoms with Gasteiger partial charge in [0.2, 0.25) is 5.90 Å². The van der Waals surface area contributed by atoms with Gasteiger partial charge in [-0.25, -0.2) is 15.0 Å². The number of methoxy groups -OCH3 is 1. The number of rotatable bonds is 2. The molecule has 19 heavy (non-hydrogen) atoms. The van der Waals surface area contributed by atoms with Gasteiger partial charge < -0.3 is 4.74 Å². The normalized spacial score (nSPS) is 10.6. The summed E-state index contributed by atoms with van der Waals surface area (Å²) in [5.74, 6) is -0.0225. The van der Waals surface area contributed by atoms with Crippen LogP contribution in [0.15, 0.2) is 43.0 Å². The predicted octanol–water partition coefficient (Wildman–Crippen LogP) is 1.79. The summed E-state index contributed by atoms with van der Waals surface area (Å²) >= 11 is 0. The molecule has 0 saturated heterocycles. The first-order valence-corrected chi connectivity index (χ1v) is 5.67. The Morgan fingerprint density at radius 1 is 1.16 bits per heavy atom. The molecule has 3 aromatic rings. The van der Waals surface area contributed by atoms with Gasteiger partial charge in [0, 0.05) is 5.69 Å². The Balaban J connectivity index is 2.23. The van der Waals surface area contributed by atoms with Crippen LogP contribution < -0.4 is 0 Å². The van der Waals surface area contributed by atoms with E-state index in [0.717, 1.165) is 5.69 Å². The molecular formula is C13H11N5O. The molecule has 2 aromatic heterocycles. The van der Waals surface area contributed by atoms with Gasteiger partial charge in [0.15, 0.2) is 11.3 Å². The summed E-state index contributed by atoms with van der Waals surface area (Å²) in [6.07, 6.45) is 3.08. The molecule has 0 spiro atoms. The highest BCUT2D eigenvalue weighted by Gasteiger charge is 2.14. The summed E-state index contributed by atoms with van der Waals surface area (Å²) in [5, 5.41) is 7.71. The van der Waals surface area contributed by atoms with Crippen LogP contribution in [0.4, 0.5) is 0 Å². The fourth-order valence-corrected chi connectivity index (χ4v) is 1.88. The molecule has 0 aliphatic carbocycles. The van der Waals surface area contributed by atoms with E-state index in [-0.39, 0.29) is 5.90 Å². The summed E-state index contributed by atoms with van der Waals surface area (Å²) in [5.41, 5.74) is 2.55. The van der Waals surface area contributed by atoms with Crippen LogP contribution in [0.25, 0.3) is 16.9 Å². The number of ether oxygens (including phenoxy) is 1. The predicted molar refractivity (Wildman–Crippen MR) is 70.5 cm³/mol. The summed E-state index contributed by atoms with van der Waals surface area (Å²) in [7, 11) is 1.43. The summed E-state index contributed by atoms with van der Waals surface area (Å²) < 4.78 is 6.75. The highest BCUT2D eigenvalue weighted by atomic mass is 16.5. The molecule has 0 atom stereocenters. The molecule has 3 rings (SSSR count). The number of fused-ring (bicyclic) bond motifs is 1. The zero-order valence-corrected chi connectivity index (χ0v) is 10.2. The van der Waals surface area contributed by atoms with Crippen LogP contribution in [0.3, 0.4) is 0 Å². The van der Waals surface area contributed by atoms with E-state index in [1.54, 1.807) is 6.33 Å². The van der Waals surface area contributed by atoms with E-state index in [0.29, 0.717) is 16.9 Å². The molecular weight excluding hydrogens is 242 g/mol. The van der Waals surface area contributed by atoms with Crippen molar-refractivity contribution in [3.8, 4) is 5.69 Å². The number of nitrogens with zero attached hydrogens (tertiary/aromatic N) is 4. The zero-order chi connectivity index (χ0) is 13.2. The molecule has 0 unspecified atom stereocenters. The molecule has 0 aliphatic rings. The minimum Gasteiger partial charge on any atom is -0.480 e. The van der Waals surface area contributed by atoms with Gasteiger partial charge >= 0.3 is 0 Å². The molecule has 94 valence electrons. The molecule has 0 fully saturated rings. The van der Waals surface area contributed by atoms with Crippen LogP contribution in [0.5, 0.6) is 0 Å². The van der Waals surface area contributed by atoms with Gasteiger partial charge in [0.05, 0.1) is 7.11 Å². The maximum Gasteiger partial charge on any atom is 0.234 e. The largest absolute Gasteiger partial charge is 0.480 e. The average Bonchev–Trinajstić information content (AvgIpc) is 2.91. The van der Waals surface area contributed by atoms with Crippen LogP contribution in [-0.2, 0) is 4.74 Å². The van der Waals surface area contributed by atoms with Gasteiger partial charge in [-0.15, -0.1) is 0 Å². The standard InChI is InChI=1S/C13H11N5O/c1-19-12(14)10-11-13(16-7-15-10)18(8-17-11)9-5-3-2-4-6-9/h2-8,14H,1H3. The fourth-order valence-electron chi connectivity index (χ4n) is 1.88. The van der Waals surface area contributed by atoms with E-state index in [2.05, 4.69) is 15.0 Å². The van der Waals surface area contributed by atoms with Crippen LogP contribution in [0, 0.1) is 5.41 Å². The minimum absolute atomic E-state index is 0.0225.